The average Bonchev–Trinajstić information content (AvgIpc) is 3.33. The quantitative estimate of drug-likeness (QED) is 0.330. The Morgan fingerprint density at radius 2 is 1.55 bits per heavy atom. The van der Waals surface area contributed by atoms with Crippen LogP contribution < -0.4 is 0 Å². The standard InChI is InChI=1S/C28H27N3O2/c1-22-12-15-25(16-13-22)28-29-26(33-30-28)19-21-31(20-18-24-10-6-3-7-11-24)27(32)17-14-23-8-4-2-5-9-23/h2-17H,18-21H2,1H3. The van der Waals surface area contributed by atoms with E-state index < -0.39 is 0 Å². The molecule has 33 heavy (non-hydrogen) atoms. The van der Waals surface area contributed by atoms with Crippen molar-refractivity contribution >= 4 is 12.0 Å². The lowest BCUT2D eigenvalue weighted by Crippen LogP contribution is -2.33. The number of nitrogens with zero attached hydrogens (tertiary/aromatic N) is 3. The number of amides is 1. The molecule has 5 heteroatoms. The second-order valence-electron chi connectivity index (χ2n) is 7.93. The molecule has 1 amide bonds. The van der Waals surface area contributed by atoms with Crippen LogP contribution in [0.3, 0.4) is 0 Å². The van der Waals surface area contributed by atoms with Crippen molar-refractivity contribution in [2.75, 3.05) is 13.1 Å². The van der Waals surface area contributed by atoms with Crippen LogP contribution in [0.25, 0.3) is 17.5 Å². The molecule has 0 atom stereocenters. The maximum atomic E-state index is 13.0. The number of benzene rings is 3. The highest BCUT2D eigenvalue weighted by molar-refractivity contribution is 5.91. The molecule has 1 heterocycles. The third-order valence-corrected chi connectivity index (χ3v) is 5.42. The molecular weight excluding hydrogens is 410 g/mol. The van der Waals surface area contributed by atoms with Crippen molar-refractivity contribution in [3.8, 4) is 11.4 Å². The van der Waals surface area contributed by atoms with Gasteiger partial charge in [-0.2, -0.15) is 4.98 Å². The molecule has 4 aromatic rings. The minimum atomic E-state index is -0.0342. The van der Waals surface area contributed by atoms with Crippen LogP contribution in [0.4, 0.5) is 0 Å². The Morgan fingerprint density at radius 3 is 2.27 bits per heavy atom. The first-order chi connectivity index (χ1) is 16.2. The van der Waals surface area contributed by atoms with Gasteiger partial charge in [-0.15, -0.1) is 0 Å². The molecular formula is C28H27N3O2. The molecule has 0 bridgehead atoms. The van der Waals surface area contributed by atoms with E-state index in [1.54, 1.807) is 6.08 Å². The normalized spacial score (nSPS) is 11.1. The largest absolute Gasteiger partial charge is 0.339 e. The van der Waals surface area contributed by atoms with Crippen molar-refractivity contribution < 1.29 is 9.32 Å². The Kier molecular flexibility index (Phi) is 7.44. The minimum Gasteiger partial charge on any atom is -0.339 e. The van der Waals surface area contributed by atoms with Gasteiger partial charge in [-0.05, 0) is 30.5 Å². The Bertz CT molecular complexity index is 1180. The molecule has 0 aliphatic rings. The van der Waals surface area contributed by atoms with E-state index >= 15 is 0 Å². The van der Waals surface area contributed by atoms with Crippen molar-refractivity contribution in [3.05, 3.63) is 114 Å². The molecule has 0 aliphatic heterocycles. The summed E-state index contributed by atoms with van der Waals surface area (Å²) in [5.74, 6) is 1.05. The maximum Gasteiger partial charge on any atom is 0.246 e. The zero-order valence-corrected chi connectivity index (χ0v) is 18.7. The minimum absolute atomic E-state index is 0.0342. The fourth-order valence-electron chi connectivity index (χ4n) is 3.48. The highest BCUT2D eigenvalue weighted by Gasteiger charge is 2.14. The lowest BCUT2D eigenvalue weighted by atomic mass is 10.1. The lowest BCUT2D eigenvalue weighted by molar-refractivity contribution is -0.126. The fourth-order valence-corrected chi connectivity index (χ4v) is 3.48. The number of carbonyl (C=O) groups is 1. The van der Waals surface area contributed by atoms with Crippen LogP contribution in [0.2, 0.25) is 0 Å². The molecule has 0 unspecified atom stereocenters. The van der Waals surface area contributed by atoms with E-state index in [1.807, 2.05) is 90.7 Å². The third kappa shape index (κ3) is 6.50. The second-order valence-corrected chi connectivity index (χ2v) is 7.93. The number of aromatic nitrogens is 2. The Labute approximate surface area is 194 Å². The van der Waals surface area contributed by atoms with Gasteiger partial charge in [0.05, 0.1) is 0 Å². The molecule has 0 saturated heterocycles. The first kappa shape index (κ1) is 22.2. The molecule has 0 fully saturated rings. The van der Waals surface area contributed by atoms with Gasteiger partial charge < -0.3 is 9.42 Å². The predicted molar refractivity (Wildman–Crippen MR) is 130 cm³/mol. The van der Waals surface area contributed by atoms with Crippen molar-refractivity contribution in [2.24, 2.45) is 0 Å². The van der Waals surface area contributed by atoms with Gasteiger partial charge in [-0.25, -0.2) is 0 Å². The van der Waals surface area contributed by atoms with E-state index in [0.717, 1.165) is 17.5 Å². The van der Waals surface area contributed by atoms with Gasteiger partial charge in [0.1, 0.15) is 0 Å². The summed E-state index contributed by atoms with van der Waals surface area (Å²) in [7, 11) is 0. The van der Waals surface area contributed by atoms with Gasteiger partial charge in [0.2, 0.25) is 17.6 Å². The smallest absolute Gasteiger partial charge is 0.246 e. The predicted octanol–water partition coefficient (Wildman–Crippen LogP) is 5.37. The Morgan fingerprint density at radius 1 is 0.879 bits per heavy atom. The summed E-state index contributed by atoms with van der Waals surface area (Å²) in [5, 5.41) is 4.10. The van der Waals surface area contributed by atoms with Gasteiger partial charge in [-0.3, -0.25) is 4.79 Å². The molecule has 3 aromatic carbocycles. The van der Waals surface area contributed by atoms with Gasteiger partial charge in [0, 0.05) is 31.1 Å². The van der Waals surface area contributed by atoms with E-state index in [2.05, 4.69) is 22.3 Å². The van der Waals surface area contributed by atoms with Crippen LogP contribution in [0.5, 0.6) is 0 Å². The molecule has 5 nitrogen and oxygen atoms in total. The zero-order valence-electron chi connectivity index (χ0n) is 18.7. The van der Waals surface area contributed by atoms with E-state index in [4.69, 9.17) is 4.52 Å². The Hall–Kier alpha value is -3.99. The topological polar surface area (TPSA) is 59.2 Å². The monoisotopic (exact) mass is 437 g/mol. The van der Waals surface area contributed by atoms with E-state index in [1.165, 1.54) is 11.1 Å². The van der Waals surface area contributed by atoms with Crippen LogP contribution in [-0.4, -0.2) is 34.0 Å². The highest BCUT2D eigenvalue weighted by atomic mass is 16.5. The lowest BCUT2D eigenvalue weighted by Gasteiger charge is -2.20. The van der Waals surface area contributed by atoms with Gasteiger partial charge in [0.25, 0.3) is 0 Å². The van der Waals surface area contributed by atoms with Gasteiger partial charge in [0.15, 0.2) is 0 Å². The van der Waals surface area contributed by atoms with E-state index in [9.17, 15) is 4.79 Å². The van der Waals surface area contributed by atoms with E-state index in [0.29, 0.717) is 31.2 Å². The van der Waals surface area contributed by atoms with Crippen molar-refractivity contribution in [1.82, 2.24) is 15.0 Å². The third-order valence-electron chi connectivity index (χ3n) is 5.42. The molecule has 0 aliphatic carbocycles. The van der Waals surface area contributed by atoms with Crippen LogP contribution >= 0.6 is 0 Å². The molecule has 166 valence electrons. The molecule has 0 radical (unpaired) electrons. The summed E-state index contributed by atoms with van der Waals surface area (Å²) in [6, 6.07) is 28.0. The van der Waals surface area contributed by atoms with Crippen LogP contribution in [0.15, 0.2) is 95.5 Å². The SMILES string of the molecule is Cc1ccc(-c2noc(CCN(CCc3ccccc3)C(=O)C=Cc3ccccc3)n2)cc1. The summed E-state index contributed by atoms with van der Waals surface area (Å²) in [6.45, 7) is 3.15. The summed E-state index contributed by atoms with van der Waals surface area (Å²) in [4.78, 5) is 19.3. The molecule has 0 spiro atoms. The molecule has 1 aromatic heterocycles. The number of rotatable bonds is 9. The van der Waals surface area contributed by atoms with Crippen LogP contribution in [-0.2, 0) is 17.6 Å². The number of aryl methyl sites for hydroxylation is 1. The van der Waals surface area contributed by atoms with Crippen molar-refractivity contribution in [1.29, 1.82) is 0 Å². The number of hydrogen-bond acceptors (Lipinski definition) is 4. The molecule has 0 N–H and O–H groups in total. The molecule has 4 rings (SSSR count). The summed E-state index contributed by atoms with van der Waals surface area (Å²) < 4.78 is 5.45. The average molecular weight is 438 g/mol. The molecule has 0 saturated carbocycles. The van der Waals surface area contributed by atoms with Gasteiger partial charge in [-0.1, -0.05) is 95.6 Å². The van der Waals surface area contributed by atoms with E-state index in [-0.39, 0.29) is 5.91 Å². The van der Waals surface area contributed by atoms with Crippen molar-refractivity contribution in [2.45, 2.75) is 19.8 Å². The summed E-state index contributed by atoms with van der Waals surface area (Å²) in [5.41, 5.74) is 4.28. The first-order valence-corrected chi connectivity index (χ1v) is 11.1. The van der Waals surface area contributed by atoms with Crippen LogP contribution in [0.1, 0.15) is 22.6 Å². The number of hydrogen-bond donors (Lipinski definition) is 0. The highest BCUT2D eigenvalue weighted by Crippen LogP contribution is 2.17. The van der Waals surface area contributed by atoms with Crippen molar-refractivity contribution in [3.63, 3.8) is 0 Å². The summed E-state index contributed by atoms with van der Waals surface area (Å²) >= 11 is 0. The zero-order chi connectivity index (χ0) is 22.9. The Balaban J connectivity index is 1.43. The number of carbonyl (C=O) groups excluding carboxylic acids is 1. The first-order valence-electron chi connectivity index (χ1n) is 11.1. The van der Waals surface area contributed by atoms with Gasteiger partial charge >= 0.3 is 0 Å². The fraction of sp³-hybridized carbons (Fsp3) is 0.179. The maximum absolute atomic E-state index is 13.0. The second kappa shape index (κ2) is 11.0. The summed E-state index contributed by atoms with van der Waals surface area (Å²) in [6.07, 6.45) is 4.76. The van der Waals surface area contributed by atoms with Crippen LogP contribution in [0, 0.1) is 6.92 Å².